The van der Waals surface area contributed by atoms with Crippen molar-refractivity contribution in [1.82, 2.24) is 4.98 Å². The molecule has 0 bridgehead atoms. The summed E-state index contributed by atoms with van der Waals surface area (Å²) >= 11 is 0. The molecule has 20 heavy (non-hydrogen) atoms. The Balaban J connectivity index is 2.39. The maximum atomic E-state index is 8.99. The van der Waals surface area contributed by atoms with Crippen molar-refractivity contribution in [2.45, 2.75) is 39.5 Å². The molecule has 5 heteroatoms. The van der Waals surface area contributed by atoms with Gasteiger partial charge in [0, 0.05) is 19.3 Å². The van der Waals surface area contributed by atoms with Gasteiger partial charge in [-0.2, -0.15) is 0 Å². The molecule has 0 aliphatic heterocycles. The van der Waals surface area contributed by atoms with Crippen LogP contribution in [0.15, 0.2) is 11.2 Å². The summed E-state index contributed by atoms with van der Waals surface area (Å²) in [5.74, 6) is 1.54. The van der Waals surface area contributed by atoms with Crippen molar-refractivity contribution in [2.24, 2.45) is 16.8 Å². The first kappa shape index (κ1) is 14.6. The van der Waals surface area contributed by atoms with Crippen LogP contribution in [-0.2, 0) is 12.8 Å². The maximum Gasteiger partial charge on any atom is 0.173 e. The highest BCUT2D eigenvalue weighted by Gasteiger charge is 2.21. The average molecular weight is 276 g/mol. The molecular weight excluding hydrogens is 252 g/mol. The highest BCUT2D eigenvalue weighted by molar-refractivity contribution is 6.01. The Morgan fingerprint density at radius 2 is 2.30 bits per heavy atom. The number of aryl methyl sites for hydroxylation is 2. The third-order valence-electron chi connectivity index (χ3n) is 4.06. The predicted octanol–water partition coefficient (Wildman–Crippen LogP) is 2.15. The van der Waals surface area contributed by atoms with Gasteiger partial charge < -0.3 is 15.8 Å². The molecule has 0 saturated heterocycles. The molecule has 1 aliphatic carbocycles. The van der Waals surface area contributed by atoms with E-state index in [2.05, 4.69) is 23.9 Å². The van der Waals surface area contributed by atoms with Crippen LogP contribution in [0.3, 0.4) is 0 Å². The van der Waals surface area contributed by atoms with Crippen LogP contribution in [0.2, 0.25) is 0 Å². The van der Waals surface area contributed by atoms with E-state index >= 15 is 0 Å². The second-order valence-corrected chi connectivity index (χ2v) is 5.70. The van der Waals surface area contributed by atoms with Gasteiger partial charge in [-0.05, 0) is 36.8 Å². The van der Waals surface area contributed by atoms with Crippen molar-refractivity contribution in [2.75, 3.05) is 18.5 Å². The number of pyridine rings is 1. The number of aromatic nitrogens is 1. The van der Waals surface area contributed by atoms with E-state index in [0.29, 0.717) is 5.92 Å². The lowest BCUT2D eigenvalue weighted by molar-refractivity contribution is 0.318. The Morgan fingerprint density at radius 1 is 1.55 bits per heavy atom. The molecule has 0 spiro atoms. The molecule has 1 atom stereocenters. The lowest BCUT2D eigenvalue weighted by atomic mass is 10.1. The van der Waals surface area contributed by atoms with Crippen molar-refractivity contribution >= 4 is 11.7 Å². The van der Waals surface area contributed by atoms with Gasteiger partial charge in [-0.3, -0.25) is 0 Å². The monoisotopic (exact) mass is 276 g/mol. The minimum Gasteiger partial charge on any atom is -0.409 e. The predicted molar refractivity (Wildman–Crippen MR) is 81.5 cm³/mol. The lowest BCUT2D eigenvalue weighted by Gasteiger charge is -2.24. The average Bonchev–Trinajstić information content (AvgIpc) is 2.91. The fourth-order valence-electron chi connectivity index (χ4n) is 2.68. The lowest BCUT2D eigenvalue weighted by Crippen LogP contribution is -2.28. The molecule has 3 N–H and O–H groups in total. The normalized spacial score (nSPS) is 16.1. The van der Waals surface area contributed by atoms with Crippen molar-refractivity contribution in [3.05, 3.63) is 22.9 Å². The Morgan fingerprint density at radius 3 is 2.95 bits per heavy atom. The van der Waals surface area contributed by atoms with Crippen LogP contribution in [0.4, 0.5) is 5.82 Å². The third-order valence-corrected chi connectivity index (χ3v) is 4.06. The van der Waals surface area contributed by atoms with Crippen molar-refractivity contribution in [1.29, 1.82) is 0 Å². The largest absolute Gasteiger partial charge is 0.409 e. The van der Waals surface area contributed by atoms with Gasteiger partial charge >= 0.3 is 0 Å². The quantitative estimate of drug-likeness (QED) is 0.374. The van der Waals surface area contributed by atoms with Crippen LogP contribution in [0.1, 0.15) is 43.5 Å². The van der Waals surface area contributed by atoms with E-state index in [9.17, 15) is 0 Å². The zero-order valence-corrected chi connectivity index (χ0v) is 12.6. The molecule has 0 saturated carbocycles. The molecule has 1 unspecified atom stereocenters. The summed E-state index contributed by atoms with van der Waals surface area (Å²) in [6, 6.07) is 2.03. The van der Waals surface area contributed by atoms with Crippen LogP contribution < -0.4 is 10.6 Å². The zero-order valence-electron chi connectivity index (χ0n) is 12.6. The first-order chi connectivity index (χ1) is 9.56. The smallest absolute Gasteiger partial charge is 0.173 e. The second-order valence-electron chi connectivity index (χ2n) is 5.70. The minimum atomic E-state index is 0.137. The third kappa shape index (κ3) is 2.86. The summed E-state index contributed by atoms with van der Waals surface area (Å²) < 4.78 is 0. The highest BCUT2D eigenvalue weighted by Crippen LogP contribution is 2.27. The molecular formula is C15H24N4O. The maximum absolute atomic E-state index is 8.99. The second kappa shape index (κ2) is 6.11. The molecule has 0 fully saturated rings. The Labute approximate surface area is 120 Å². The Kier molecular flexibility index (Phi) is 4.47. The molecule has 1 aromatic heterocycles. The van der Waals surface area contributed by atoms with Crippen molar-refractivity contribution < 1.29 is 5.21 Å². The van der Waals surface area contributed by atoms with Crippen LogP contribution in [0.5, 0.6) is 0 Å². The fourth-order valence-corrected chi connectivity index (χ4v) is 2.68. The summed E-state index contributed by atoms with van der Waals surface area (Å²) in [6.45, 7) is 5.31. The molecule has 2 rings (SSSR count). The fraction of sp³-hybridized carbons (Fsp3) is 0.600. The van der Waals surface area contributed by atoms with Crippen LogP contribution >= 0.6 is 0 Å². The van der Waals surface area contributed by atoms with Crippen molar-refractivity contribution in [3.8, 4) is 0 Å². The van der Waals surface area contributed by atoms with Gasteiger partial charge in [0.25, 0.3) is 0 Å². The molecule has 0 aromatic carbocycles. The molecule has 0 amide bonds. The highest BCUT2D eigenvalue weighted by atomic mass is 16.4. The topological polar surface area (TPSA) is 74.7 Å². The number of oxime groups is 1. The van der Waals surface area contributed by atoms with E-state index in [1.54, 1.807) is 0 Å². The number of hydrogen-bond donors (Lipinski definition) is 2. The molecule has 1 aliphatic rings. The molecule has 0 radical (unpaired) electrons. The molecule has 110 valence electrons. The number of nitrogens with zero attached hydrogens (tertiary/aromatic N) is 3. The van der Waals surface area contributed by atoms with E-state index < -0.39 is 0 Å². The number of rotatable bonds is 5. The van der Waals surface area contributed by atoms with Gasteiger partial charge in [-0.15, -0.1) is 0 Å². The van der Waals surface area contributed by atoms with Gasteiger partial charge in [-0.1, -0.05) is 25.4 Å². The SMILES string of the molecule is CCC(C)CN(C)c1nc2c(cc1C(N)=NO)CCC2. The van der Waals surface area contributed by atoms with E-state index in [0.717, 1.165) is 49.3 Å². The number of hydrogen-bond acceptors (Lipinski definition) is 4. The van der Waals surface area contributed by atoms with Crippen LogP contribution in [0, 0.1) is 5.92 Å². The molecule has 5 nitrogen and oxygen atoms in total. The summed E-state index contributed by atoms with van der Waals surface area (Å²) in [7, 11) is 2.02. The minimum absolute atomic E-state index is 0.137. The zero-order chi connectivity index (χ0) is 14.7. The first-order valence-corrected chi connectivity index (χ1v) is 7.28. The van der Waals surface area contributed by atoms with Crippen LogP contribution in [0.25, 0.3) is 0 Å². The van der Waals surface area contributed by atoms with Gasteiger partial charge in [0.1, 0.15) is 5.82 Å². The Hall–Kier alpha value is -1.78. The molecule has 1 heterocycles. The number of fused-ring (bicyclic) bond motifs is 1. The van der Waals surface area contributed by atoms with E-state index in [1.807, 2.05) is 13.1 Å². The Bertz CT molecular complexity index is 513. The molecule has 1 aromatic rings. The number of amidine groups is 1. The van der Waals surface area contributed by atoms with Gasteiger partial charge in [0.05, 0.1) is 5.56 Å². The first-order valence-electron chi connectivity index (χ1n) is 7.28. The van der Waals surface area contributed by atoms with Gasteiger partial charge in [0.15, 0.2) is 5.84 Å². The summed E-state index contributed by atoms with van der Waals surface area (Å²) in [5.41, 5.74) is 8.95. The van der Waals surface area contributed by atoms with E-state index in [-0.39, 0.29) is 5.84 Å². The summed E-state index contributed by atoms with van der Waals surface area (Å²) in [6.07, 6.45) is 4.31. The number of nitrogens with two attached hydrogens (primary N) is 1. The van der Waals surface area contributed by atoms with Crippen molar-refractivity contribution in [3.63, 3.8) is 0 Å². The van der Waals surface area contributed by atoms with E-state index in [1.165, 1.54) is 5.56 Å². The number of anilines is 1. The standard InChI is InChI=1S/C15H24N4O/c1-4-10(2)9-19(3)15-12(14(16)18-20)8-11-6-5-7-13(11)17-15/h8,10,20H,4-7,9H2,1-3H3,(H2,16,18). The van der Waals surface area contributed by atoms with Gasteiger partial charge in [0.2, 0.25) is 0 Å². The summed E-state index contributed by atoms with van der Waals surface area (Å²) in [4.78, 5) is 6.87. The summed E-state index contributed by atoms with van der Waals surface area (Å²) in [5, 5.41) is 12.1. The van der Waals surface area contributed by atoms with Gasteiger partial charge in [-0.25, -0.2) is 4.98 Å². The van der Waals surface area contributed by atoms with E-state index in [4.69, 9.17) is 15.9 Å². The van der Waals surface area contributed by atoms with Crippen LogP contribution in [-0.4, -0.2) is 29.6 Å².